The topological polar surface area (TPSA) is 164 Å². The number of aliphatic hydroxyl groups excluding tert-OH is 3. The van der Waals surface area contributed by atoms with Gasteiger partial charge in [-0.1, -0.05) is 26.8 Å². The summed E-state index contributed by atoms with van der Waals surface area (Å²) in [5.74, 6) is -2.72. The van der Waals surface area contributed by atoms with E-state index in [-0.39, 0.29) is 30.9 Å². The second kappa shape index (κ2) is 18.7. The van der Waals surface area contributed by atoms with E-state index in [0.717, 1.165) is 19.5 Å². The number of rotatable bonds is 10. The number of likely N-dealkylation sites (N-methyl/N-ethyl adjacent to an activating group) is 1. The molecule has 6 N–H and O–H groups in total. The van der Waals surface area contributed by atoms with Gasteiger partial charge in [0.2, 0.25) is 0 Å². The number of hydrogen-bond acceptors (Lipinski definition) is 13. The third-order valence-corrected chi connectivity index (χ3v) is 11.8. The minimum atomic E-state index is -1.79. The third kappa shape index (κ3) is 10.9. The van der Waals surface area contributed by atoms with Gasteiger partial charge in [-0.3, -0.25) is 9.69 Å². The van der Waals surface area contributed by atoms with Crippen LogP contribution < -0.4 is 5.32 Å². The maximum atomic E-state index is 13.6. The number of nitrogens with one attached hydrogen (secondary N) is 1. The number of nitrogens with zero attached hydrogens (tertiary/aromatic N) is 2. The van der Waals surface area contributed by atoms with Crippen LogP contribution in [0.15, 0.2) is 17.5 Å². The van der Waals surface area contributed by atoms with Crippen LogP contribution in [0.1, 0.15) is 86.0 Å². The summed E-state index contributed by atoms with van der Waals surface area (Å²) < 4.78 is 18.4. The number of hydrogen-bond donors (Lipinski definition) is 6. The molecule has 0 spiro atoms. The largest absolute Gasteiger partial charge is 0.459 e. The maximum Gasteiger partial charge on any atom is 0.311 e. The standard InChI is InChI=1S/C37H67N3O9S/c1-11-29-37(8,46)32(43)26(6)40(16-13-15-38-20-27-14-12-17-50-27)21-22(2)19-36(7,45)33(24(4)30(41)25(5)34(44)48-29)49-35-31(42)28(39(9)10)18-23(3)47-35/h12,14,17,22-26,28-33,35,38,41-43,45-46H,11,13,15-16,18-21H2,1-10H3/t22-,23-,24+,25-,26-,28+,29-,30+,31-,32-,33-,35+,36?,37-/m1/s1. The molecule has 0 radical (unpaired) electrons. The Bertz CT molecular complexity index is 1160. The number of aliphatic hydroxyl groups is 5. The third-order valence-electron chi connectivity index (χ3n) is 11.0. The van der Waals surface area contributed by atoms with Gasteiger partial charge in [-0.05, 0) is 105 Å². The van der Waals surface area contributed by atoms with Crippen LogP contribution in [-0.4, -0.2) is 141 Å². The molecule has 14 atom stereocenters. The Morgan fingerprint density at radius 2 is 1.78 bits per heavy atom. The Kier molecular flexibility index (Phi) is 16.1. The molecule has 0 saturated carbocycles. The molecule has 0 aromatic carbocycles. The van der Waals surface area contributed by atoms with Gasteiger partial charge >= 0.3 is 5.97 Å². The number of cyclic esters (lactones) is 1. The summed E-state index contributed by atoms with van der Waals surface area (Å²) >= 11 is 1.70. The molecule has 1 unspecified atom stereocenters. The van der Waals surface area contributed by atoms with E-state index in [1.807, 2.05) is 45.8 Å². The van der Waals surface area contributed by atoms with E-state index < -0.39 is 71.9 Å². The van der Waals surface area contributed by atoms with E-state index in [0.29, 0.717) is 19.5 Å². The van der Waals surface area contributed by atoms with E-state index in [1.165, 1.54) is 11.8 Å². The zero-order chi connectivity index (χ0) is 37.6. The molecule has 0 aliphatic carbocycles. The summed E-state index contributed by atoms with van der Waals surface area (Å²) in [6.45, 7) is 16.6. The first kappa shape index (κ1) is 43.2. The van der Waals surface area contributed by atoms with Gasteiger partial charge < -0.3 is 50.0 Å². The van der Waals surface area contributed by atoms with Gasteiger partial charge in [-0.15, -0.1) is 11.3 Å². The first-order valence-electron chi connectivity index (χ1n) is 18.5. The molecule has 3 rings (SSSR count). The summed E-state index contributed by atoms with van der Waals surface area (Å²) in [7, 11) is 3.77. The van der Waals surface area contributed by atoms with Crippen LogP contribution in [0, 0.1) is 17.8 Å². The lowest BCUT2D eigenvalue weighted by atomic mass is 9.78. The highest BCUT2D eigenvalue weighted by Crippen LogP contribution is 2.36. The number of esters is 1. The fraction of sp³-hybridized carbons (Fsp3) is 0.865. The minimum absolute atomic E-state index is 0.132. The van der Waals surface area contributed by atoms with Crippen LogP contribution in [-0.2, 0) is 25.5 Å². The molecule has 12 nitrogen and oxygen atoms in total. The van der Waals surface area contributed by atoms with Crippen molar-refractivity contribution >= 4 is 17.3 Å². The quantitative estimate of drug-likeness (QED) is 0.154. The van der Waals surface area contributed by atoms with E-state index in [2.05, 4.69) is 21.7 Å². The number of ether oxygens (including phenoxy) is 3. The van der Waals surface area contributed by atoms with Crippen LogP contribution in [0.2, 0.25) is 0 Å². The van der Waals surface area contributed by atoms with Crippen molar-refractivity contribution in [1.29, 1.82) is 0 Å². The van der Waals surface area contributed by atoms with Crippen LogP contribution >= 0.6 is 11.3 Å². The maximum absolute atomic E-state index is 13.6. The molecule has 0 amide bonds. The van der Waals surface area contributed by atoms with Crippen molar-refractivity contribution in [3.63, 3.8) is 0 Å². The first-order valence-corrected chi connectivity index (χ1v) is 19.3. The van der Waals surface area contributed by atoms with Crippen LogP contribution in [0.5, 0.6) is 0 Å². The van der Waals surface area contributed by atoms with E-state index >= 15 is 0 Å². The molecule has 2 fully saturated rings. The molecule has 1 aromatic rings. The molecular weight excluding hydrogens is 662 g/mol. The molecule has 50 heavy (non-hydrogen) atoms. The first-order chi connectivity index (χ1) is 23.3. The normalized spacial score (nSPS) is 41.8. The molecule has 1 aromatic heterocycles. The summed E-state index contributed by atoms with van der Waals surface area (Å²) in [4.78, 5) is 18.9. The zero-order valence-electron chi connectivity index (χ0n) is 32.0. The lowest BCUT2D eigenvalue weighted by Gasteiger charge is -2.46. The van der Waals surface area contributed by atoms with Gasteiger partial charge in [-0.25, -0.2) is 0 Å². The summed E-state index contributed by atoms with van der Waals surface area (Å²) in [5.41, 5.74) is -3.32. The van der Waals surface area contributed by atoms with Gasteiger partial charge in [-0.2, -0.15) is 0 Å². The smallest absolute Gasteiger partial charge is 0.311 e. The zero-order valence-corrected chi connectivity index (χ0v) is 32.8. The Hall–Kier alpha value is -1.23. The SMILES string of the molecule is CC[C@H]1OC(=O)[C@H](C)[C@@H](O)[C@H](C)[C@@H](O[C@@H]2O[C@H](C)C[C@H](N(C)C)[C@H]2O)C(C)(O)C[C@@H](C)CN(CCCNCc2cccs2)[C@H](C)[C@@H](O)[C@]1(C)O. The van der Waals surface area contributed by atoms with Crippen molar-refractivity contribution < 1.29 is 44.5 Å². The fourth-order valence-corrected chi connectivity index (χ4v) is 8.61. The molecule has 3 heterocycles. The molecule has 2 aliphatic heterocycles. The van der Waals surface area contributed by atoms with Gasteiger partial charge in [0, 0.05) is 36.0 Å². The molecule has 2 saturated heterocycles. The highest BCUT2D eigenvalue weighted by Gasteiger charge is 2.50. The number of thiophene rings is 1. The van der Waals surface area contributed by atoms with E-state index in [4.69, 9.17) is 14.2 Å². The number of carbonyl (C=O) groups excluding carboxylic acids is 1. The predicted molar refractivity (Wildman–Crippen MR) is 195 cm³/mol. The van der Waals surface area contributed by atoms with Crippen molar-refractivity contribution in [3.8, 4) is 0 Å². The second-order valence-electron chi connectivity index (χ2n) is 15.8. The number of carbonyl (C=O) groups is 1. The van der Waals surface area contributed by atoms with Crippen molar-refractivity contribution in [2.45, 2.75) is 154 Å². The molecular formula is C37H67N3O9S. The van der Waals surface area contributed by atoms with Crippen molar-refractivity contribution in [2.75, 3.05) is 33.7 Å². The van der Waals surface area contributed by atoms with Gasteiger partial charge in [0.15, 0.2) is 6.29 Å². The summed E-state index contributed by atoms with van der Waals surface area (Å²) in [6, 6.07) is 3.34. The van der Waals surface area contributed by atoms with Gasteiger partial charge in [0.25, 0.3) is 0 Å². The minimum Gasteiger partial charge on any atom is -0.459 e. The summed E-state index contributed by atoms with van der Waals surface area (Å²) in [5, 5.41) is 64.2. The second-order valence-corrected chi connectivity index (χ2v) is 16.8. The molecule has 2 aliphatic rings. The van der Waals surface area contributed by atoms with E-state index in [1.54, 1.807) is 39.0 Å². The molecule has 290 valence electrons. The monoisotopic (exact) mass is 729 g/mol. The van der Waals surface area contributed by atoms with E-state index in [9.17, 15) is 30.3 Å². The Morgan fingerprint density at radius 1 is 1.10 bits per heavy atom. The van der Waals surface area contributed by atoms with Crippen LogP contribution in [0.4, 0.5) is 0 Å². The Balaban J connectivity index is 1.96. The lowest BCUT2D eigenvalue weighted by molar-refractivity contribution is -0.299. The van der Waals surface area contributed by atoms with Crippen molar-refractivity contribution in [3.05, 3.63) is 22.4 Å². The van der Waals surface area contributed by atoms with Crippen molar-refractivity contribution in [2.24, 2.45) is 17.8 Å². The Morgan fingerprint density at radius 3 is 2.38 bits per heavy atom. The molecule has 0 bridgehead atoms. The van der Waals surface area contributed by atoms with Crippen LogP contribution in [0.3, 0.4) is 0 Å². The summed E-state index contributed by atoms with van der Waals surface area (Å²) in [6.07, 6.45) is -5.14. The average Bonchev–Trinajstić information content (AvgIpc) is 3.57. The Labute approximate surface area is 304 Å². The highest BCUT2D eigenvalue weighted by atomic mass is 32.1. The van der Waals surface area contributed by atoms with Crippen LogP contribution in [0.25, 0.3) is 0 Å². The van der Waals surface area contributed by atoms with Crippen molar-refractivity contribution in [1.82, 2.24) is 15.1 Å². The predicted octanol–water partition coefficient (Wildman–Crippen LogP) is 2.59. The molecule has 13 heteroatoms. The average molecular weight is 730 g/mol. The van der Waals surface area contributed by atoms with Gasteiger partial charge in [0.1, 0.15) is 23.9 Å². The highest BCUT2D eigenvalue weighted by molar-refractivity contribution is 7.09. The fourth-order valence-electron chi connectivity index (χ4n) is 7.93. The van der Waals surface area contributed by atoms with Gasteiger partial charge in [0.05, 0.1) is 29.8 Å². The lowest BCUT2D eigenvalue weighted by Crippen LogP contribution is -2.59.